The lowest BCUT2D eigenvalue weighted by Crippen LogP contribution is -2.51. The topological polar surface area (TPSA) is 87.0 Å². The summed E-state index contributed by atoms with van der Waals surface area (Å²) in [6, 6.07) is 3.88. The van der Waals surface area contributed by atoms with Gasteiger partial charge in [-0.2, -0.15) is 0 Å². The molecule has 2 amide bonds. The lowest BCUT2D eigenvalue weighted by Gasteiger charge is -2.34. The van der Waals surface area contributed by atoms with Gasteiger partial charge >= 0.3 is 6.03 Å². The van der Waals surface area contributed by atoms with Crippen LogP contribution in [0.4, 0.5) is 22.0 Å². The van der Waals surface area contributed by atoms with E-state index in [9.17, 15) is 4.79 Å². The lowest BCUT2D eigenvalue weighted by atomic mass is 10.0. The molecule has 2 N–H and O–H groups in total. The summed E-state index contributed by atoms with van der Waals surface area (Å²) in [6.45, 7) is 8.99. The number of aryl methyl sites for hydroxylation is 2. The number of morpholine rings is 1. The fraction of sp³-hybridized carbons (Fsp3) is 0.458. The van der Waals surface area contributed by atoms with Crippen LogP contribution in [0, 0.1) is 13.8 Å². The molecule has 3 aliphatic rings. The van der Waals surface area contributed by atoms with Crippen LogP contribution in [0.5, 0.6) is 0 Å². The van der Waals surface area contributed by atoms with Crippen molar-refractivity contribution in [2.45, 2.75) is 32.3 Å². The van der Waals surface area contributed by atoms with Crippen molar-refractivity contribution in [2.75, 3.05) is 54.4 Å². The van der Waals surface area contributed by atoms with E-state index < -0.39 is 0 Å². The van der Waals surface area contributed by atoms with Crippen LogP contribution < -0.4 is 20.4 Å². The number of imidazole rings is 1. The predicted octanol–water partition coefficient (Wildman–Crippen LogP) is 2.51. The van der Waals surface area contributed by atoms with E-state index in [-0.39, 0.29) is 11.6 Å². The Kier molecular flexibility index (Phi) is 4.77. The highest BCUT2D eigenvalue weighted by atomic mass is 16.5. The summed E-state index contributed by atoms with van der Waals surface area (Å²) in [5.74, 6) is 0.755. The van der Waals surface area contributed by atoms with Gasteiger partial charge in [0.1, 0.15) is 11.5 Å². The molecule has 2 fully saturated rings. The van der Waals surface area contributed by atoms with E-state index >= 15 is 0 Å². The molecule has 172 valence electrons. The number of anilines is 3. The molecule has 1 spiro atoms. The third-order valence-corrected chi connectivity index (χ3v) is 6.99. The first-order valence-electron chi connectivity index (χ1n) is 11.6. The summed E-state index contributed by atoms with van der Waals surface area (Å²) >= 11 is 0. The van der Waals surface area contributed by atoms with E-state index in [2.05, 4.69) is 31.6 Å². The Labute approximate surface area is 192 Å². The van der Waals surface area contributed by atoms with Gasteiger partial charge in [-0.25, -0.2) is 14.8 Å². The quantitative estimate of drug-likeness (QED) is 0.628. The molecular formula is C24H29N7O2. The highest BCUT2D eigenvalue weighted by molar-refractivity contribution is 6.03. The minimum atomic E-state index is -0.160. The summed E-state index contributed by atoms with van der Waals surface area (Å²) in [4.78, 5) is 26.5. The van der Waals surface area contributed by atoms with Gasteiger partial charge in [0.05, 0.1) is 23.6 Å². The average molecular weight is 448 g/mol. The Morgan fingerprint density at radius 1 is 1.27 bits per heavy atom. The van der Waals surface area contributed by atoms with Gasteiger partial charge in [0.25, 0.3) is 0 Å². The molecule has 9 heteroatoms. The number of carbonyl (C=O) groups excluding carboxylic acids is 1. The van der Waals surface area contributed by atoms with E-state index in [4.69, 9.17) is 4.74 Å². The van der Waals surface area contributed by atoms with Crippen molar-refractivity contribution in [1.29, 1.82) is 0 Å². The Balaban J connectivity index is 1.23. The minimum absolute atomic E-state index is 0.105. The molecule has 2 saturated heterocycles. The fourth-order valence-electron chi connectivity index (χ4n) is 5.44. The molecule has 1 unspecified atom stereocenters. The largest absolute Gasteiger partial charge is 0.370 e. The number of amides is 2. The van der Waals surface area contributed by atoms with Gasteiger partial charge in [0, 0.05) is 62.6 Å². The second-order valence-corrected chi connectivity index (χ2v) is 9.37. The number of aromatic nitrogens is 3. The van der Waals surface area contributed by atoms with Crippen LogP contribution >= 0.6 is 0 Å². The summed E-state index contributed by atoms with van der Waals surface area (Å²) in [7, 11) is 0. The van der Waals surface area contributed by atoms with Crippen molar-refractivity contribution in [1.82, 2.24) is 19.7 Å². The Morgan fingerprint density at radius 3 is 3.03 bits per heavy atom. The average Bonchev–Trinajstić information content (AvgIpc) is 3.51. The number of rotatable bonds is 2. The van der Waals surface area contributed by atoms with Crippen molar-refractivity contribution in [3.63, 3.8) is 0 Å². The molecule has 33 heavy (non-hydrogen) atoms. The Bertz CT molecular complexity index is 1230. The van der Waals surface area contributed by atoms with E-state index in [0.29, 0.717) is 6.54 Å². The molecule has 9 nitrogen and oxygen atoms in total. The SMILES string of the molecule is Cc1cn2cc(NC(=O)N3CCc4c(N5CCC6(CNCCO6)C5)ccnc43)cc(C)c2n1. The fourth-order valence-corrected chi connectivity index (χ4v) is 5.44. The Morgan fingerprint density at radius 2 is 2.18 bits per heavy atom. The number of carbonyl (C=O) groups is 1. The lowest BCUT2D eigenvalue weighted by molar-refractivity contribution is -0.0496. The van der Waals surface area contributed by atoms with Crippen molar-refractivity contribution in [3.05, 3.63) is 47.5 Å². The first-order valence-corrected chi connectivity index (χ1v) is 11.6. The maximum Gasteiger partial charge on any atom is 0.327 e. The van der Waals surface area contributed by atoms with Gasteiger partial charge in [-0.15, -0.1) is 0 Å². The second kappa shape index (κ2) is 7.71. The third-order valence-electron chi connectivity index (χ3n) is 6.99. The van der Waals surface area contributed by atoms with Crippen LogP contribution in [0.3, 0.4) is 0 Å². The standard InChI is InChI=1S/C24H29N7O2/c1-16-11-18(13-30-12-17(2)27-21(16)30)28-23(32)31-8-4-19-20(3-6-26-22(19)31)29-9-5-24(15-29)14-25-7-10-33-24/h3,6,11-13,25H,4-5,7-10,14-15H2,1-2H3,(H,28,32). The van der Waals surface area contributed by atoms with Crippen LogP contribution in [0.15, 0.2) is 30.7 Å². The highest BCUT2D eigenvalue weighted by Crippen LogP contribution is 2.38. The molecule has 0 aliphatic carbocycles. The molecule has 6 heterocycles. The van der Waals surface area contributed by atoms with Crippen molar-refractivity contribution in [3.8, 4) is 0 Å². The molecule has 0 bridgehead atoms. The minimum Gasteiger partial charge on any atom is -0.370 e. The highest BCUT2D eigenvalue weighted by Gasteiger charge is 2.42. The van der Waals surface area contributed by atoms with Gasteiger partial charge in [0.2, 0.25) is 0 Å². The molecule has 3 aromatic rings. The van der Waals surface area contributed by atoms with Crippen LogP contribution in [0.1, 0.15) is 23.2 Å². The zero-order valence-corrected chi connectivity index (χ0v) is 19.1. The summed E-state index contributed by atoms with van der Waals surface area (Å²) in [6.07, 6.45) is 7.49. The van der Waals surface area contributed by atoms with Gasteiger partial charge in [-0.3, -0.25) is 4.90 Å². The smallest absolute Gasteiger partial charge is 0.327 e. The van der Waals surface area contributed by atoms with E-state index in [1.54, 1.807) is 4.90 Å². The third kappa shape index (κ3) is 3.52. The number of nitrogens with one attached hydrogen (secondary N) is 2. The van der Waals surface area contributed by atoms with Crippen LogP contribution in [0.2, 0.25) is 0 Å². The van der Waals surface area contributed by atoms with Crippen molar-refractivity contribution in [2.24, 2.45) is 0 Å². The first-order chi connectivity index (χ1) is 16.0. The number of fused-ring (bicyclic) bond motifs is 2. The van der Waals surface area contributed by atoms with Gasteiger partial charge < -0.3 is 24.7 Å². The Hall–Kier alpha value is -3.17. The number of hydrogen-bond acceptors (Lipinski definition) is 6. The second-order valence-electron chi connectivity index (χ2n) is 9.37. The van der Waals surface area contributed by atoms with Gasteiger partial charge in [-0.05, 0) is 44.4 Å². The molecule has 0 aromatic carbocycles. The van der Waals surface area contributed by atoms with Crippen molar-refractivity contribution < 1.29 is 9.53 Å². The molecule has 6 rings (SSSR count). The molecule has 3 aromatic heterocycles. The zero-order chi connectivity index (χ0) is 22.6. The molecule has 0 saturated carbocycles. The number of urea groups is 1. The monoisotopic (exact) mass is 447 g/mol. The summed E-state index contributed by atoms with van der Waals surface area (Å²) < 4.78 is 8.12. The number of pyridine rings is 2. The van der Waals surface area contributed by atoms with Gasteiger partial charge in [-0.1, -0.05) is 0 Å². The number of hydrogen-bond donors (Lipinski definition) is 2. The molecule has 0 radical (unpaired) electrons. The number of ether oxygens (including phenoxy) is 1. The first kappa shape index (κ1) is 20.4. The normalized spacial score (nSPS) is 22.4. The molecule has 1 atom stereocenters. The van der Waals surface area contributed by atoms with Crippen LogP contribution in [0.25, 0.3) is 5.65 Å². The van der Waals surface area contributed by atoms with Crippen LogP contribution in [-0.4, -0.2) is 65.3 Å². The number of nitrogens with zero attached hydrogens (tertiary/aromatic N) is 5. The van der Waals surface area contributed by atoms with E-state index in [1.165, 1.54) is 5.69 Å². The summed E-state index contributed by atoms with van der Waals surface area (Å²) in [5, 5.41) is 6.53. The van der Waals surface area contributed by atoms with Crippen LogP contribution in [-0.2, 0) is 11.2 Å². The zero-order valence-electron chi connectivity index (χ0n) is 19.1. The maximum absolute atomic E-state index is 13.2. The van der Waals surface area contributed by atoms with Crippen molar-refractivity contribution >= 4 is 28.9 Å². The van der Waals surface area contributed by atoms with E-state index in [0.717, 1.165) is 79.6 Å². The summed E-state index contributed by atoms with van der Waals surface area (Å²) in [5.41, 5.74) is 5.83. The molecular weight excluding hydrogens is 418 g/mol. The predicted molar refractivity (Wildman–Crippen MR) is 127 cm³/mol. The van der Waals surface area contributed by atoms with Gasteiger partial charge in [0.15, 0.2) is 0 Å². The molecule has 3 aliphatic heterocycles. The van der Waals surface area contributed by atoms with E-state index in [1.807, 2.05) is 42.9 Å². The maximum atomic E-state index is 13.2.